The van der Waals surface area contributed by atoms with Crippen molar-refractivity contribution < 1.29 is 46.0 Å². The Kier molecular flexibility index (Phi) is 25.0. The Balaban J connectivity index is -0.0000000150. The van der Waals surface area contributed by atoms with E-state index in [9.17, 15) is 0 Å². The molecule has 0 aliphatic rings. The summed E-state index contributed by atoms with van der Waals surface area (Å²) in [5.74, 6) is 0. The first-order valence-corrected chi connectivity index (χ1v) is 0.612. The van der Waals surface area contributed by atoms with Crippen molar-refractivity contribution in [2.75, 3.05) is 0 Å². The molecule has 0 spiro atoms. The van der Waals surface area contributed by atoms with Crippen LogP contribution in [0.15, 0.2) is 0 Å². The van der Waals surface area contributed by atoms with Crippen LogP contribution in [0.3, 0.4) is 0 Å². The standard InChI is InChI=1S/CH2O3.2Na.H/c2-1(3)4;;;/h(H2,2,3,4);;;/q;;+1;/p-1. The summed E-state index contributed by atoms with van der Waals surface area (Å²) in [6, 6.07) is 0. The van der Waals surface area contributed by atoms with E-state index in [4.69, 9.17) is 15.0 Å². The molecule has 0 aliphatic carbocycles. The van der Waals surface area contributed by atoms with E-state index in [1.54, 1.807) is 0 Å². The van der Waals surface area contributed by atoms with Gasteiger partial charge in [0.1, 0.15) is 0 Å². The maximum atomic E-state index is 8.33. The molecule has 0 N–H and O–H groups in total. The number of hydrogen-bond acceptors (Lipinski definition) is 3. The van der Waals surface area contributed by atoms with Crippen LogP contribution in [0.4, 0.5) is 4.79 Å². The van der Waals surface area contributed by atoms with Gasteiger partial charge < -0.3 is 15.0 Å². The molecule has 0 fully saturated rings. The molecule has 0 rings (SSSR count). The monoisotopic (exact) mass is 108 g/mol. The Morgan fingerprint density at radius 2 is 1.50 bits per heavy atom. The van der Waals surface area contributed by atoms with Gasteiger partial charge in [-0.25, -0.2) is 0 Å². The Morgan fingerprint density at radius 3 is 1.50 bits per heavy atom. The van der Waals surface area contributed by atoms with Crippen LogP contribution in [0.25, 0.3) is 0 Å². The van der Waals surface area contributed by atoms with Gasteiger partial charge in [-0.3, -0.25) is 0 Å². The van der Waals surface area contributed by atoms with E-state index < -0.39 is 6.16 Å². The summed E-state index contributed by atoms with van der Waals surface area (Å²) in [6.45, 7) is 0. The molecule has 0 aliphatic heterocycles. The maximum absolute atomic E-state index is 8.33. The van der Waals surface area contributed by atoms with Crippen LogP contribution in [-0.4, -0.2) is 35.7 Å². The van der Waals surface area contributed by atoms with Crippen LogP contribution in [-0.2, 0) is 0 Å². The summed E-state index contributed by atoms with van der Waals surface area (Å²) >= 11 is 0. The van der Waals surface area contributed by atoms with Crippen LogP contribution in [0.2, 0.25) is 0 Å². The fraction of sp³-hybridized carbons (Fsp3) is 0. The van der Waals surface area contributed by atoms with E-state index in [0.29, 0.717) is 0 Å². The van der Waals surface area contributed by atoms with Crippen LogP contribution < -0.4 is 39.8 Å². The third-order valence-corrected chi connectivity index (χ3v) is 0. The average Bonchev–Trinajstić information content (AvgIpc) is 0.811. The first-order chi connectivity index (χ1) is 1.73. The van der Waals surface area contributed by atoms with Crippen molar-refractivity contribution in [1.82, 2.24) is 0 Å². The van der Waals surface area contributed by atoms with Gasteiger partial charge in [-0.1, -0.05) is 0 Å². The minimum absolute atomic E-state index is 0. The van der Waals surface area contributed by atoms with Crippen LogP contribution >= 0.6 is 0 Å². The first kappa shape index (κ1) is 15.7. The molecule has 0 aromatic rings. The minimum atomic E-state index is -2.33. The Bertz CT molecular complexity index is 35.9. The summed E-state index contributed by atoms with van der Waals surface area (Å²) < 4.78 is 0. The second kappa shape index (κ2) is 9.55. The first-order valence-electron chi connectivity index (χ1n) is 0.612. The van der Waals surface area contributed by atoms with Crippen molar-refractivity contribution in [3.63, 3.8) is 0 Å². The fourth-order valence-corrected chi connectivity index (χ4v) is 0. The van der Waals surface area contributed by atoms with Crippen LogP contribution in [0.1, 0.15) is 1.43 Å². The quantitative estimate of drug-likeness (QED) is 0.290. The molecule has 0 unspecified atom stereocenters. The number of carbonyl (C=O) groups is 1. The molecule has 0 amide bonds. The van der Waals surface area contributed by atoms with Crippen molar-refractivity contribution >= 4 is 35.7 Å². The van der Waals surface area contributed by atoms with Gasteiger partial charge in [0.15, 0.2) is 0 Å². The predicted octanol–water partition coefficient (Wildman–Crippen LogP) is -5.98. The SMILES string of the molecule is O=C([O-])[O-].[H+].[Na+].[NaH]. The molecular formula is CH2Na2O3. The van der Waals surface area contributed by atoms with Crippen molar-refractivity contribution in [2.45, 2.75) is 0 Å². The Labute approximate surface area is 80.8 Å². The van der Waals surface area contributed by atoms with E-state index in [1.165, 1.54) is 0 Å². The molecule has 0 radical (unpaired) electrons. The molecule has 0 bridgehead atoms. The van der Waals surface area contributed by atoms with Crippen molar-refractivity contribution in [3.8, 4) is 0 Å². The second-order valence-electron chi connectivity index (χ2n) is 0.250. The summed E-state index contributed by atoms with van der Waals surface area (Å²) in [7, 11) is 0. The summed E-state index contributed by atoms with van der Waals surface area (Å²) in [4.78, 5) is 8.33. The number of rotatable bonds is 0. The van der Waals surface area contributed by atoms with Crippen molar-refractivity contribution in [2.24, 2.45) is 0 Å². The number of hydrogen-bond donors (Lipinski definition) is 0. The molecule has 26 valence electrons. The summed E-state index contributed by atoms with van der Waals surface area (Å²) in [5.41, 5.74) is 0. The van der Waals surface area contributed by atoms with Gasteiger partial charge in [-0.15, -0.1) is 0 Å². The molecular weight excluding hydrogens is 106 g/mol. The zero-order valence-corrected chi connectivity index (χ0v) is 4.72. The van der Waals surface area contributed by atoms with Gasteiger partial charge in [-0.05, 0) is 6.16 Å². The fourth-order valence-electron chi connectivity index (χ4n) is 0. The zero-order chi connectivity index (χ0) is 3.58. The van der Waals surface area contributed by atoms with Gasteiger partial charge in [0, 0.05) is 0 Å². The Morgan fingerprint density at radius 1 is 1.50 bits per heavy atom. The van der Waals surface area contributed by atoms with E-state index in [2.05, 4.69) is 0 Å². The van der Waals surface area contributed by atoms with Gasteiger partial charge in [0.25, 0.3) is 0 Å². The summed E-state index contributed by atoms with van der Waals surface area (Å²) in [6.07, 6.45) is -2.33. The van der Waals surface area contributed by atoms with E-state index in [-0.39, 0.29) is 60.5 Å². The molecule has 3 nitrogen and oxygen atoms in total. The van der Waals surface area contributed by atoms with Crippen LogP contribution in [0, 0.1) is 0 Å². The third-order valence-electron chi connectivity index (χ3n) is 0. The van der Waals surface area contributed by atoms with Crippen LogP contribution in [0.5, 0.6) is 0 Å². The number of carbonyl (C=O) groups excluding carboxylic acids is 1. The van der Waals surface area contributed by atoms with E-state index >= 15 is 0 Å². The zero-order valence-electron chi connectivity index (χ0n) is 3.72. The molecule has 0 atom stereocenters. The third kappa shape index (κ3) is 59.6. The molecule has 6 heavy (non-hydrogen) atoms. The molecule has 0 aromatic heterocycles. The molecule has 0 aromatic carbocycles. The summed E-state index contributed by atoms with van der Waals surface area (Å²) in [5, 5.41) is 16.7. The number of carboxylic acid groups (broad SMARTS) is 2. The second-order valence-corrected chi connectivity index (χ2v) is 0.250. The topological polar surface area (TPSA) is 63.2 Å². The van der Waals surface area contributed by atoms with Gasteiger partial charge in [0.2, 0.25) is 0 Å². The van der Waals surface area contributed by atoms with Crippen molar-refractivity contribution in [3.05, 3.63) is 0 Å². The average molecular weight is 108 g/mol. The van der Waals surface area contributed by atoms with E-state index in [1.807, 2.05) is 0 Å². The van der Waals surface area contributed by atoms with E-state index in [0.717, 1.165) is 0 Å². The van der Waals surface area contributed by atoms with Gasteiger partial charge in [0.05, 0.1) is 0 Å². The molecule has 0 heterocycles. The Hall–Kier alpha value is 1.27. The van der Waals surface area contributed by atoms with Crippen molar-refractivity contribution in [1.29, 1.82) is 0 Å². The molecule has 0 saturated heterocycles. The molecule has 0 saturated carbocycles. The molecule has 5 heteroatoms. The van der Waals surface area contributed by atoms with Gasteiger partial charge >= 0.3 is 60.5 Å². The normalized spacial score (nSPS) is 4.00. The van der Waals surface area contributed by atoms with Gasteiger partial charge in [-0.2, -0.15) is 0 Å². The predicted molar refractivity (Wildman–Crippen MR) is 13.7 cm³/mol.